The number of benzene rings is 1. The zero-order chi connectivity index (χ0) is 19.9. The zero-order valence-corrected chi connectivity index (χ0v) is 13.5. The molecule has 1 heterocycles. The smallest absolute Gasteiger partial charge is 0.298 e. The standard InChI is InChI=1S/C13H5ClF8N2OS/c14-8-7(11(15,16)13(20,21)22)23-10(26-8)24-9(25)5-2-1-3-6(4-5)12(17,18)19/h1-4H,(H,23,24,25). The lowest BCUT2D eigenvalue weighted by atomic mass is 10.1. The summed E-state index contributed by atoms with van der Waals surface area (Å²) in [6.45, 7) is 0. The Labute approximate surface area is 148 Å². The molecule has 2 aromatic rings. The lowest BCUT2D eigenvalue weighted by Crippen LogP contribution is -2.34. The number of alkyl halides is 8. The van der Waals surface area contributed by atoms with Crippen LogP contribution in [0.25, 0.3) is 0 Å². The van der Waals surface area contributed by atoms with Crippen molar-refractivity contribution in [1.82, 2.24) is 4.98 Å². The van der Waals surface area contributed by atoms with E-state index in [4.69, 9.17) is 11.6 Å². The second-order valence-corrected chi connectivity index (χ2v) is 6.35. The van der Waals surface area contributed by atoms with Crippen molar-refractivity contribution in [3.05, 3.63) is 45.4 Å². The van der Waals surface area contributed by atoms with Crippen molar-refractivity contribution >= 4 is 34.0 Å². The summed E-state index contributed by atoms with van der Waals surface area (Å²) in [7, 11) is 0. The Morgan fingerprint density at radius 3 is 2.23 bits per heavy atom. The van der Waals surface area contributed by atoms with Crippen LogP contribution in [0.5, 0.6) is 0 Å². The lowest BCUT2D eigenvalue weighted by molar-refractivity contribution is -0.290. The molecule has 0 saturated heterocycles. The summed E-state index contributed by atoms with van der Waals surface area (Å²) in [4.78, 5) is 14.8. The van der Waals surface area contributed by atoms with Crippen LogP contribution in [0.3, 0.4) is 0 Å². The van der Waals surface area contributed by atoms with E-state index >= 15 is 0 Å². The SMILES string of the molecule is O=C(Nc1nc(C(F)(F)C(F)(F)F)c(Cl)s1)c1cccc(C(F)(F)F)c1. The molecule has 0 aliphatic rings. The monoisotopic (exact) mass is 424 g/mol. The topological polar surface area (TPSA) is 42.0 Å². The maximum atomic E-state index is 13.3. The molecule has 13 heteroatoms. The predicted octanol–water partition coefficient (Wildman–Crippen LogP) is 5.72. The number of thiazole rings is 1. The Hall–Kier alpha value is -1.95. The number of anilines is 1. The van der Waals surface area contributed by atoms with Crippen LogP contribution in [0, 0.1) is 0 Å². The highest BCUT2D eigenvalue weighted by Crippen LogP contribution is 2.47. The Bertz CT molecular complexity index is 830. The minimum absolute atomic E-state index is 0.110. The maximum absolute atomic E-state index is 13.3. The fourth-order valence-corrected chi connectivity index (χ4v) is 2.79. The largest absolute Gasteiger partial charge is 0.459 e. The van der Waals surface area contributed by atoms with Gasteiger partial charge in [0, 0.05) is 5.56 Å². The van der Waals surface area contributed by atoms with E-state index in [1.807, 2.05) is 5.32 Å². The molecule has 0 spiro atoms. The molecule has 0 unspecified atom stereocenters. The van der Waals surface area contributed by atoms with Gasteiger partial charge in [-0.05, 0) is 18.2 Å². The first kappa shape index (κ1) is 20.4. The third kappa shape index (κ3) is 4.06. The van der Waals surface area contributed by atoms with Crippen LogP contribution < -0.4 is 5.32 Å². The molecule has 2 rings (SSSR count). The van der Waals surface area contributed by atoms with E-state index in [0.717, 1.165) is 12.1 Å². The summed E-state index contributed by atoms with van der Waals surface area (Å²) in [6.07, 6.45) is -10.7. The Morgan fingerprint density at radius 2 is 1.69 bits per heavy atom. The normalized spacial score (nSPS) is 13.0. The van der Waals surface area contributed by atoms with E-state index in [-0.39, 0.29) is 11.3 Å². The van der Waals surface area contributed by atoms with Crippen molar-refractivity contribution in [3.63, 3.8) is 0 Å². The average molecular weight is 425 g/mol. The van der Waals surface area contributed by atoms with Crippen LogP contribution in [-0.2, 0) is 12.1 Å². The van der Waals surface area contributed by atoms with Crippen LogP contribution in [0.4, 0.5) is 40.3 Å². The summed E-state index contributed by atoms with van der Waals surface area (Å²) in [5.74, 6) is -6.55. The van der Waals surface area contributed by atoms with Crippen LogP contribution in [-0.4, -0.2) is 17.1 Å². The van der Waals surface area contributed by atoms with E-state index in [1.54, 1.807) is 0 Å². The van der Waals surface area contributed by atoms with Crippen molar-refractivity contribution in [1.29, 1.82) is 0 Å². The van der Waals surface area contributed by atoms with E-state index in [1.165, 1.54) is 0 Å². The summed E-state index contributed by atoms with van der Waals surface area (Å²) in [5.41, 5.74) is -3.46. The predicted molar refractivity (Wildman–Crippen MR) is 76.5 cm³/mol. The molecule has 1 N–H and O–H groups in total. The number of hydrogen-bond acceptors (Lipinski definition) is 3. The van der Waals surface area contributed by atoms with Gasteiger partial charge in [-0.25, -0.2) is 4.98 Å². The number of amides is 1. The van der Waals surface area contributed by atoms with Gasteiger partial charge < -0.3 is 0 Å². The number of hydrogen-bond donors (Lipinski definition) is 1. The molecule has 0 atom stereocenters. The summed E-state index contributed by atoms with van der Waals surface area (Å²) in [6, 6.07) is 3.09. The van der Waals surface area contributed by atoms with Crippen LogP contribution in [0.1, 0.15) is 21.6 Å². The van der Waals surface area contributed by atoms with Gasteiger partial charge in [-0.15, -0.1) is 0 Å². The fraction of sp³-hybridized carbons (Fsp3) is 0.231. The van der Waals surface area contributed by atoms with Crippen LogP contribution >= 0.6 is 22.9 Å². The summed E-state index contributed by atoms with van der Waals surface area (Å²) in [5, 5.41) is 1.11. The minimum atomic E-state index is -5.97. The molecule has 0 radical (unpaired) electrons. The van der Waals surface area contributed by atoms with Gasteiger partial charge in [0.05, 0.1) is 5.56 Å². The first-order valence-electron chi connectivity index (χ1n) is 6.33. The van der Waals surface area contributed by atoms with Gasteiger partial charge in [-0.2, -0.15) is 35.1 Å². The van der Waals surface area contributed by atoms with E-state index < -0.39 is 50.5 Å². The van der Waals surface area contributed by atoms with Gasteiger partial charge in [-0.1, -0.05) is 29.0 Å². The van der Waals surface area contributed by atoms with Gasteiger partial charge in [0.15, 0.2) is 10.8 Å². The van der Waals surface area contributed by atoms with Crippen molar-refractivity contribution in [2.75, 3.05) is 5.32 Å². The fourth-order valence-electron chi connectivity index (χ4n) is 1.69. The molecule has 0 bridgehead atoms. The highest BCUT2D eigenvalue weighted by atomic mass is 35.5. The molecule has 0 aliphatic carbocycles. The molecule has 0 fully saturated rings. The van der Waals surface area contributed by atoms with Crippen molar-refractivity contribution in [2.45, 2.75) is 18.3 Å². The molecule has 142 valence electrons. The Kier molecular flexibility index (Phi) is 5.21. The molecule has 26 heavy (non-hydrogen) atoms. The number of nitrogens with one attached hydrogen (secondary N) is 1. The quantitative estimate of drug-likeness (QED) is 0.640. The third-order valence-corrected chi connectivity index (χ3v) is 4.08. The van der Waals surface area contributed by atoms with Gasteiger partial charge in [0.2, 0.25) is 0 Å². The molecular formula is C13H5ClF8N2OS. The molecule has 0 aliphatic heterocycles. The number of carbonyl (C=O) groups is 1. The molecule has 1 aromatic carbocycles. The number of nitrogens with zero attached hydrogens (tertiary/aromatic N) is 1. The molecule has 1 amide bonds. The number of rotatable bonds is 3. The number of carbonyl (C=O) groups excluding carboxylic acids is 1. The van der Waals surface area contributed by atoms with Crippen molar-refractivity contribution in [2.24, 2.45) is 0 Å². The van der Waals surface area contributed by atoms with Gasteiger partial charge in [0.1, 0.15) is 4.34 Å². The first-order chi connectivity index (χ1) is 11.7. The second kappa shape index (κ2) is 6.65. The zero-order valence-electron chi connectivity index (χ0n) is 12.0. The van der Waals surface area contributed by atoms with Gasteiger partial charge in [0.25, 0.3) is 5.91 Å². The second-order valence-electron chi connectivity index (χ2n) is 4.75. The van der Waals surface area contributed by atoms with Crippen molar-refractivity contribution < 1.29 is 39.9 Å². The van der Waals surface area contributed by atoms with E-state index in [9.17, 15) is 39.9 Å². The summed E-state index contributed by atoms with van der Waals surface area (Å²) < 4.78 is 100. The Balaban J connectivity index is 2.28. The summed E-state index contributed by atoms with van der Waals surface area (Å²) >= 11 is 5.44. The third-order valence-electron chi connectivity index (χ3n) is 2.91. The highest BCUT2D eigenvalue weighted by molar-refractivity contribution is 7.19. The number of aromatic nitrogens is 1. The average Bonchev–Trinajstić information content (AvgIpc) is 2.86. The molecule has 1 aromatic heterocycles. The maximum Gasteiger partial charge on any atom is 0.459 e. The van der Waals surface area contributed by atoms with Crippen molar-refractivity contribution in [3.8, 4) is 0 Å². The Morgan fingerprint density at radius 1 is 1.08 bits per heavy atom. The van der Waals surface area contributed by atoms with E-state index in [2.05, 4.69) is 4.98 Å². The minimum Gasteiger partial charge on any atom is -0.298 e. The first-order valence-corrected chi connectivity index (χ1v) is 7.53. The van der Waals surface area contributed by atoms with Crippen LogP contribution in [0.15, 0.2) is 24.3 Å². The molecular weight excluding hydrogens is 420 g/mol. The molecule has 0 saturated carbocycles. The van der Waals surface area contributed by atoms with Gasteiger partial charge in [-0.3, -0.25) is 10.1 Å². The van der Waals surface area contributed by atoms with Gasteiger partial charge >= 0.3 is 18.3 Å². The molecule has 3 nitrogen and oxygen atoms in total. The number of halogens is 9. The highest BCUT2D eigenvalue weighted by Gasteiger charge is 2.61. The lowest BCUT2D eigenvalue weighted by Gasteiger charge is -2.17. The van der Waals surface area contributed by atoms with Crippen LogP contribution in [0.2, 0.25) is 4.34 Å². The van der Waals surface area contributed by atoms with E-state index in [0.29, 0.717) is 12.1 Å².